The number of para-hydroxylation sites is 2. The van der Waals surface area contributed by atoms with Gasteiger partial charge in [0, 0.05) is 12.2 Å². The number of aryl methyl sites for hydroxylation is 2. The van der Waals surface area contributed by atoms with E-state index in [4.69, 9.17) is 16.6 Å². The van der Waals surface area contributed by atoms with Gasteiger partial charge in [-0.1, -0.05) is 36.4 Å². The van der Waals surface area contributed by atoms with Gasteiger partial charge in [-0.05, 0) is 49.7 Å². The van der Waals surface area contributed by atoms with E-state index in [0.29, 0.717) is 16.2 Å². The molecule has 4 rings (SSSR count). The standard InChI is InChI=1S/C21H17N2O2S/c1-14-13-15(2)25-20-18(14)19(24)22(16-9-5-3-6-10-16)21(26)23(20)17-11-7-4-8-12-17/h3-13H,1-2H3/q+1. The SMILES string of the molecule is Cc1cc(C)c2c(=O)n(-c3ccccc3)c(=S)[n+](-c3ccccc3)c-2o1. The van der Waals surface area contributed by atoms with E-state index in [2.05, 4.69) is 0 Å². The molecule has 0 spiro atoms. The molecule has 5 heteroatoms. The monoisotopic (exact) mass is 361 g/mol. The molecule has 0 saturated carbocycles. The zero-order valence-corrected chi connectivity index (χ0v) is 15.3. The van der Waals surface area contributed by atoms with Crippen LogP contribution >= 0.6 is 12.2 Å². The zero-order valence-electron chi connectivity index (χ0n) is 14.5. The number of rotatable bonds is 2. The predicted molar refractivity (Wildman–Crippen MR) is 103 cm³/mol. The van der Waals surface area contributed by atoms with Crippen molar-refractivity contribution in [2.24, 2.45) is 0 Å². The lowest BCUT2D eigenvalue weighted by atomic mass is 10.1. The Hall–Kier alpha value is -3.05. The molecular weight excluding hydrogens is 344 g/mol. The number of aromatic nitrogens is 2. The van der Waals surface area contributed by atoms with E-state index in [1.165, 1.54) is 0 Å². The topological polar surface area (TPSA) is 39.0 Å². The first-order chi connectivity index (χ1) is 12.6. The van der Waals surface area contributed by atoms with Crippen LogP contribution in [0, 0.1) is 18.6 Å². The van der Waals surface area contributed by atoms with Crippen LogP contribution in [0.3, 0.4) is 0 Å². The van der Waals surface area contributed by atoms with Gasteiger partial charge < -0.3 is 4.42 Å². The first-order valence-electron chi connectivity index (χ1n) is 8.31. The molecule has 0 amide bonds. The normalized spacial score (nSPS) is 11.0. The summed E-state index contributed by atoms with van der Waals surface area (Å²) in [6.45, 7) is 3.79. The number of nitrogens with zero attached hydrogens (tertiary/aromatic N) is 2. The molecule has 26 heavy (non-hydrogen) atoms. The van der Waals surface area contributed by atoms with Gasteiger partial charge in [-0.2, -0.15) is 0 Å². The van der Waals surface area contributed by atoms with Crippen LogP contribution in [0.1, 0.15) is 11.3 Å². The van der Waals surface area contributed by atoms with Gasteiger partial charge in [-0.25, -0.2) is 4.79 Å². The number of hydrogen-bond donors (Lipinski definition) is 0. The molecule has 0 unspecified atom stereocenters. The van der Waals surface area contributed by atoms with Crippen molar-refractivity contribution in [2.75, 3.05) is 0 Å². The van der Waals surface area contributed by atoms with Crippen LogP contribution in [-0.4, -0.2) is 4.57 Å². The van der Waals surface area contributed by atoms with Crippen LogP contribution < -0.4 is 10.1 Å². The highest BCUT2D eigenvalue weighted by Crippen LogP contribution is 2.23. The van der Waals surface area contributed by atoms with E-state index in [-0.39, 0.29) is 5.56 Å². The lowest BCUT2D eigenvalue weighted by Crippen LogP contribution is -2.44. The van der Waals surface area contributed by atoms with Gasteiger partial charge in [0.25, 0.3) is 0 Å². The summed E-state index contributed by atoms with van der Waals surface area (Å²) in [6, 6.07) is 21.0. The molecule has 0 radical (unpaired) electrons. The van der Waals surface area contributed by atoms with Crippen molar-refractivity contribution in [1.29, 1.82) is 0 Å². The fraction of sp³-hybridized carbons (Fsp3) is 0.0952. The van der Waals surface area contributed by atoms with Gasteiger partial charge in [-0.15, -0.1) is 9.13 Å². The second-order valence-corrected chi connectivity index (χ2v) is 6.52. The third kappa shape index (κ3) is 2.57. The molecule has 0 saturated heterocycles. The van der Waals surface area contributed by atoms with Crippen molar-refractivity contribution in [2.45, 2.75) is 13.8 Å². The third-order valence-electron chi connectivity index (χ3n) is 4.32. The quantitative estimate of drug-likeness (QED) is 0.398. The molecule has 2 aliphatic heterocycles. The maximum atomic E-state index is 13.3. The predicted octanol–water partition coefficient (Wildman–Crippen LogP) is 4.16. The fourth-order valence-electron chi connectivity index (χ4n) is 3.19. The van der Waals surface area contributed by atoms with Gasteiger partial charge in [-0.3, -0.25) is 0 Å². The maximum Gasteiger partial charge on any atom is 0.367 e. The molecule has 128 valence electrons. The van der Waals surface area contributed by atoms with E-state index >= 15 is 0 Å². The molecule has 0 bridgehead atoms. The highest BCUT2D eigenvalue weighted by atomic mass is 32.1. The Morgan fingerprint density at radius 3 is 2.23 bits per heavy atom. The second kappa shape index (κ2) is 6.35. The molecule has 4 nitrogen and oxygen atoms in total. The average molecular weight is 361 g/mol. The summed E-state index contributed by atoms with van der Waals surface area (Å²) in [5.41, 5.74) is 2.79. The van der Waals surface area contributed by atoms with Gasteiger partial charge in [0.1, 0.15) is 17.1 Å². The molecule has 0 aliphatic carbocycles. The van der Waals surface area contributed by atoms with Crippen LogP contribution in [0.5, 0.6) is 0 Å². The first-order valence-corrected chi connectivity index (χ1v) is 8.72. The Kier molecular flexibility index (Phi) is 4.01. The van der Waals surface area contributed by atoms with E-state index in [1.807, 2.05) is 85.1 Å². The van der Waals surface area contributed by atoms with Crippen molar-refractivity contribution in [3.63, 3.8) is 0 Å². The van der Waals surface area contributed by atoms with Gasteiger partial charge in [0.15, 0.2) is 5.56 Å². The van der Waals surface area contributed by atoms with E-state index < -0.39 is 0 Å². The highest BCUT2D eigenvalue weighted by Gasteiger charge is 2.30. The first kappa shape index (κ1) is 16.4. The summed E-state index contributed by atoms with van der Waals surface area (Å²) in [4.78, 5) is 13.3. The smallest absolute Gasteiger partial charge is 0.367 e. The highest BCUT2D eigenvalue weighted by molar-refractivity contribution is 7.71. The molecular formula is C21H17N2O2S+. The molecule has 2 aromatic rings. The summed E-state index contributed by atoms with van der Waals surface area (Å²) < 4.78 is 9.71. The molecule has 2 aliphatic rings. The fourth-order valence-corrected chi connectivity index (χ4v) is 3.57. The minimum absolute atomic E-state index is 0.176. The largest absolute Gasteiger partial charge is 0.427 e. The Balaban J connectivity index is 2.23. The summed E-state index contributed by atoms with van der Waals surface area (Å²) in [7, 11) is 0. The van der Waals surface area contributed by atoms with Crippen molar-refractivity contribution in [3.8, 4) is 22.8 Å². The number of hydrogen-bond acceptors (Lipinski definition) is 3. The zero-order chi connectivity index (χ0) is 18.3. The molecule has 0 atom stereocenters. The van der Waals surface area contributed by atoms with E-state index in [1.54, 1.807) is 4.57 Å². The lowest BCUT2D eigenvalue weighted by molar-refractivity contribution is -0.606. The van der Waals surface area contributed by atoms with Crippen molar-refractivity contribution >= 4 is 12.2 Å². The van der Waals surface area contributed by atoms with Crippen LogP contribution in [0.4, 0.5) is 0 Å². The van der Waals surface area contributed by atoms with Gasteiger partial charge in [0.2, 0.25) is 0 Å². The molecule has 0 aromatic heterocycles. The summed E-state index contributed by atoms with van der Waals surface area (Å²) >= 11 is 5.72. The molecule has 2 heterocycles. The Morgan fingerprint density at radius 1 is 0.962 bits per heavy atom. The van der Waals surface area contributed by atoms with Crippen molar-refractivity contribution in [3.05, 3.63) is 93.2 Å². The molecule has 0 fully saturated rings. The minimum atomic E-state index is -0.176. The van der Waals surface area contributed by atoms with Crippen LogP contribution in [0.2, 0.25) is 0 Å². The van der Waals surface area contributed by atoms with Crippen LogP contribution in [-0.2, 0) is 0 Å². The lowest BCUT2D eigenvalue weighted by Gasteiger charge is -2.13. The van der Waals surface area contributed by atoms with Crippen LogP contribution in [0.25, 0.3) is 22.8 Å². The summed E-state index contributed by atoms with van der Waals surface area (Å²) in [5, 5.41) is 0. The van der Waals surface area contributed by atoms with Crippen LogP contribution in [0.15, 0.2) is 75.9 Å². The summed E-state index contributed by atoms with van der Waals surface area (Å²) in [5.74, 6) is 1.20. The Morgan fingerprint density at radius 2 is 1.58 bits per heavy atom. The average Bonchev–Trinajstić information content (AvgIpc) is 2.63. The second-order valence-electron chi connectivity index (χ2n) is 6.15. The Labute approximate surface area is 155 Å². The molecule has 0 N–H and O–H groups in total. The summed E-state index contributed by atoms with van der Waals surface area (Å²) in [6.07, 6.45) is 0. The number of fused-ring (bicyclic) bond motifs is 1. The maximum absolute atomic E-state index is 13.3. The van der Waals surface area contributed by atoms with E-state index in [9.17, 15) is 4.79 Å². The Bertz CT molecular complexity index is 1180. The van der Waals surface area contributed by atoms with Gasteiger partial charge in [0.05, 0.1) is 0 Å². The van der Waals surface area contributed by atoms with Crippen molar-refractivity contribution < 1.29 is 8.98 Å². The van der Waals surface area contributed by atoms with Gasteiger partial charge >= 0.3 is 16.2 Å². The number of benzene rings is 2. The minimum Gasteiger partial charge on any atom is -0.427 e. The molecule has 2 aromatic carbocycles. The van der Waals surface area contributed by atoms with E-state index in [0.717, 1.165) is 22.7 Å². The van der Waals surface area contributed by atoms with Crippen molar-refractivity contribution in [1.82, 2.24) is 4.57 Å². The third-order valence-corrected chi connectivity index (χ3v) is 4.68.